The van der Waals surface area contributed by atoms with Crippen LogP contribution in [-0.4, -0.2) is 29.7 Å². The third-order valence-electron chi connectivity index (χ3n) is 7.41. The van der Waals surface area contributed by atoms with Crippen molar-refractivity contribution in [1.82, 2.24) is 0 Å². The van der Waals surface area contributed by atoms with Crippen LogP contribution in [0.15, 0.2) is 24.3 Å². The maximum absolute atomic E-state index is 6.01. The van der Waals surface area contributed by atoms with Crippen LogP contribution < -0.4 is 29.5 Å². The molecule has 2 radical (unpaired) electrons. The van der Waals surface area contributed by atoms with Gasteiger partial charge in [-0.2, -0.15) is 0 Å². The molecule has 0 saturated heterocycles. The number of rotatable bonds is 4. The van der Waals surface area contributed by atoms with E-state index in [2.05, 4.69) is 70.6 Å². The summed E-state index contributed by atoms with van der Waals surface area (Å²) in [5.74, 6) is 0. The summed E-state index contributed by atoms with van der Waals surface area (Å²) in [4.78, 5) is 2.21. The van der Waals surface area contributed by atoms with Crippen LogP contribution in [0.3, 0.4) is 0 Å². The summed E-state index contributed by atoms with van der Waals surface area (Å²) >= 11 is 0. The SMILES string of the molecule is C[Si]Cc1c(C)c(C)c(C)[c-]1-c1ccccc1N(C)C.NC1CCCCCCCCCCC1.[Li+]. The van der Waals surface area contributed by atoms with E-state index in [1.165, 1.54) is 110 Å². The molecule has 2 nitrogen and oxygen atoms in total. The quantitative estimate of drug-likeness (QED) is 0.505. The number of anilines is 1. The molecule has 1 saturated carbocycles. The van der Waals surface area contributed by atoms with Crippen molar-refractivity contribution < 1.29 is 18.9 Å². The third kappa shape index (κ3) is 9.31. The Bertz CT molecular complexity index is 815. The van der Waals surface area contributed by atoms with E-state index in [-0.39, 0.29) is 18.9 Å². The molecule has 2 aromatic rings. The van der Waals surface area contributed by atoms with E-state index < -0.39 is 0 Å². The predicted molar refractivity (Wildman–Crippen MR) is 150 cm³/mol. The molecular formula is C30H49LiN2Si. The van der Waals surface area contributed by atoms with Gasteiger partial charge in [0.05, 0.1) is 0 Å². The van der Waals surface area contributed by atoms with Gasteiger partial charge < -0.3 is 10.6 Å². The second-order valence-corrected chi connectivity index (χ2v) is 11.3. The van der Waals surface area contributed by atoms with E-state index >= 15 is 0 Å². The van der Waals surface area contributed by atoms with Crippen LogP contribution in [0, 0.1) is 20.8 Å². The molecule has 2 aromatic carbocycles. The normalized spacial score (nSPS) is 15.9. The maximum atomic E-state index is 6.01. The van der Waals surface area contributed by atoms with E-state index in [0.29, 0.717) is 6.04 Å². The molecule has 0 aromatic heterocycles. The van der Waals surface area contributed by atoms with Crippen molar-refractivity contribution >= 4 is 15.2 Å². The van der Waals surface area contributed by atoms with Crippen molar-refractivity contribution in [1.29, 1.82) is 0 Å². The van der Waals surface area contributed by atoms with Gasteiger partial charge in [-0.1, -0.05) is 114 Å². The molecule has 0 aliphatic heterocycles. The second-order valence-electron chi connectivity index (χ2n) is 10.2. The van der Waals surface area contributed by atoms with Crippen molar-refractivity contribution in [2.45, 2.75) is 110 Å². The first-order valence-electron chi connectivity index (χ1n) is 13.3. The zero-order valence-corrected chi connectivity index (χ0v) is 24.4. The fourth-order valence-electron chi connectivity index (χ4n) is 5.14. The summed E-state index contributed by atoms with van der Waals surface area (Å²) in [6, 6.07) is 10.4. The molecule has 184 valence electrons. The number of benzene rings is 1. The van der Waals surface area contributed by atoms with Gasteiger partial charge in [0.25, 0.3) is 0 Å². The molecule has 0 spiro atoms. The molecule has 34 heavy (non-hydrogen) atoms. The van der Waals surface area contributed by atoms with Crippen LogP contribution in [0.2, 0.25) is 6.55 Å². The van der Waals surface area contributed by atoms with E-state index in [1.807, 2.05) is 0 Å². The Morgan fingerprint density at radius 1 is 0.853 bits per heavy atom. The molecule has 4 heteroatoms. The van der Waals surface area contributed by atoms with E-state index in [4.69, 9.17) is 5.73 Å². The zero-order chi connectivity index (χ0) is 24.2. The summed E-state index contributed by atoms with van der Waals surface area (Å²) in [7, 11) is 5.21. The molecule has 3 rings (SSSR count). The summed E-state index contributed by atoms with van der Waals surface area (Å²) in [5, 5.41) is 0. The summed E-state index contributed by atoms with van der Waals surface area (Å²) < 4.78 is 0. The van der Waals surface area contributed by atoms with E-state index in [0.717, 1.165) is 9.52 Å². The van der Waals surface area contributed by atoms with E-state index in [1.54, 1.807) is 5.56 Å². The molecular weight excluding hydrogens is 423 g/mol. The third-order valence-corrected chi connectivity index (χ3v) is 8.12. The minimum absolute atomic E-state index is 0. The number of hydrogen-bond acceptors (Lipinski definition) is 2. The van der Waals surface area contributed by atoms with Gasteiger partial charge in [-0.15, -0.1) is 28.3 Å². The van der Waals surface area contributed by atoms with Gasteiger partial charge in [0, 0.05) is 15.6 Å². The fraction of sp³-hybridized carbons (Fsp3) is 0.633. The Kier molecular flexibility index (Phi) is 15.4. The van der Waals surface area contributed by atoms with Crippen molar-refractivity contribution in [2.24, 2.45) is 5.73 Å². The van der Waals surface area contributed by atoms with Gasteiger partial charge in [-0.05, 0) is 38.7 Å². The predicted octanol–water partition coefficient (Wildman–Crippen LogP) is 4.94. The Labute approximate surface area is 225 Å². The number of para-hydroxylation sites is 1. The van der Waals surface area contributed by atoms with Crippen molar-refractivity contribution in [3.8, 4) is 11.1 Å². The van der Waals surface area contributed by atoms with Gasteiger partial charge in [-0.3, -0.25) is 0 Å². The van der Waals surface area contributed by atoms with Crippen molar-refractivity contribution in [3.05, 3.63) is 46.5 Å². The molecule has 1 aliphatic carbocycles. The summed E-state index contributed by atoms with van der Waals surface area (Å²) in [6.45, 7) is 9.10. The van der Waals surface area contributed by atoms with Crippen LogP contribution in [0.1, 0.15) is 92.9 Å². The Morgan fingerprint density at radius 2 is 1.35 bits per heavy atom. The molecule has 0 heterocycles. The summed E-state index contributed by atoms with van der Waals surface area (Å²) in [5.41, 5.74) is 16.1. The number of hydrogen-bond donors (Lipinski definition) is 1. The van der Waals surface area contributed by atoms with Crippen molar-refractivity contribution in [2.75, 3.05) is 19.0 Å². The molecule has 0 unspecified atom stereocenters. The minimum Gasteiger partial charge on any atom is -0.408 e. The van der Waals surface area contributed by atoms with Gasteiger partial charge in [0.1, 0.15) is 0 Å². The van der Waals surface area contributed by atoms with Gasteiger partial charge in [-0.25, -0.2) is 0 Å². The van der Waals surface area contributed by atoms with Gasteiger partial charge in [0.15, 0.2) is 0 Å². The van der Waals surface area contributed by atoms with Crippen LogP contribution in [0.4, 0.5) is 5.69 Å². The first kappa shape index (κ1) is 31.2. The van der Waals surface area contributed by atoms with E-state index in [9.17, 15) is 0 Å². The Morgan fingerprint density at radius 3 is 1.85 bits per heavy atom. The molecule has 0 atom stereocenters. The molecule has 0 bridgehead atoms. The molecule has 1 fully saturated rings. The smallest absolute Gasteiger partial charge is 0.408 e. The van der Waals surface area contributed by atoms with Crippen LogP contribution in [0.5, 0.6) is 0 Å². The maximum Gasteiger partial charge on any atom is 1.00 e. The first-order valence-corrected chi connectivity index (χ1v) is 15.0. The summed E-state index contributed by atoms with van der Waals surface area (Å²) in [6.07, 6.45) is 15.3. The Balaban J connectivity index is 0.000000360. The number of nitrogens with zero attached hydrogens (tertiary/aromatic N) is 1. The van der Waals surface area contributed by atoms with Crippen LogP contribution in [0.25, 0.3) is 11.1 Å². The molecule has 1 aliphatic rings. The van der Waals surface area contributed by atoms with Crippen LogP contribution in [-0.2, 0) is 6.04 Å². The average Bonchev–Trinajstić information content (AvgIpc) is 3.00. The topological polar surface area (TPSA) is 29.3 Å². The zero-order valence-electron chi connectivity index (χ0n) is 23.4. The largest absolute Gasteiger partial charge is 1.00 e. The monoisotopic (exact) mass is 472 g/mol. The van der Waals surface area contributed by atoms with Crippen LogP contribution >= 0.6 is 0 Å². The fourth-order valence-corrected chi connectivity index (χ4v) is 5.94. The molecule has 2 N–H and O–H groups in total. The minimum atomic E-state index is 0. The number of nitrogens with two attached hydrogens (primary N) is 1. The Hall–Kier alpha value is -0.856. The average molecular weight is 473 g/mol. The standard InChI is InChI=1S/C18H24NSi.C12H25N.Li/c1-12-13(2)16(11-20-6)18(14(12)3)15-9-7-8-10-17(15)19(4)5;13-12-10-8-6-4-2-1-3-5-7-9-11-12;/h7-10H,11H2,1-6H3;12H,1-11,13H2;/q-1;;+1. The van der Waals surface area contributed by atoms with Crippen molar-refractivity contribution in [3.63, 3.8) is 0 Å². The molecule has 0 amide bonds. The van der Waals surface area contributed by atoms with Gasteiger partial charge >= 0.3 is 18.9 Å². The second kappa shape index (κ2) is 16.7. The van der Waals surface area contributed by atoms with Gasteiger partial charge in [0.2, 0.25) is 0 Å². The first-order chi connectivity index (χ1) is 15.9.